The third kappa shape index (κ3) is 6.80. The van der Waals surface area contributed by atoms with Crippen molar-refractivity contribution in [3.8, 4) is 0 Å². The third-order valence-corrected chi connectivity index (χ3v) is 5.54. The molecule has 1 unspecified atom stereocenters. The number of hydrogen-bond donors (Lipinski definition) is 1. The van der Waals surface area contributed by atoms with Crippen molar-refractivity contribution in [1.29, 1.82) is 0 Å². The first-order valence-corrected chi connectivity index (χ1v) is 11.0. The molecule has 3 rings (SSSR count). The zero-order chi connectivity index (χ0) is 18.9. The van der Waals surface area contributed by atoms with Crippen molar-refractivity contribution < 1.29 is 13.9 Å². The molecule has 1 atom stereocenters. The number of piperidine rings is 1. The van der Waals surface area contributed by atoms with Crippen LogP contribution in [0.3, 0.4) is 0 Å². The summed E-state index contributed by atoms with van der Waals surface area (Å²) < 4.78 is 18.2. The van der Waals surface area contributed by atoms with Crippen LogP contribution in [0, 0.1) is 0 Å². The van der Waals surface area contributed by atoms with Gasteiger partial charge in [0, 0.05) is 39.2 Å². The van der Waals surface area contributed by atoms with E-state index in [4.69, 9.17) is 18.9 Å². The minimum atomic E-state index is 0.303. The molecule has 2 aliphatic heterocycles. The van der Waals surface area contributed by atoms with Gasteiger partial charge in [0.2, 0.25) is 0 Å². The average molecular weight is 442 g/mol. The van der Waals surface area contributed by atoms with Crippen LogP contribution in [0.25, 0.3) is 0 Å². The van der Waals surface area contributed by atoms with Crippen molar-refractivity contribution in [2.45, 2.75) is 57.7 Å². The maximum absolute atomic E-state index is 6.12. The Hall–Kier alpha value is -1.05. The van der Waals surface area contributed by atoms with Crippen molar-refractivity contribution in [2.75, 3.05) is 39.4 Å². The van der Waals surface area contributed by atoms with Crippen LogP contribution in [-0.2, 0) is 15.9 Å². The van der Waals surface area contributed by atoms with E-state index >= 15 is 0 Å². The van der Waals surface area contributed by atoms with E-state index < -0.39 is 0 Å². The summed E-state index contributed by atoms with van der Waals surface area (Å²) in [5, 5.41) is 3.42. The van der Waals surface area contributed by atoms with Crippen LogP contribution in [0.15, 0.2) is 26.2 Å². The van der Waals surface area contributed by atoms with E-state index in [0.29, 0.717) is 12.2 Å². The monoisotopic (exact) mass is 441 g/mol. The number of rotatable bonds is 7. The number of aliphatic imine (C=N–C) groups is 1. The summed E-state index contributed by atoms with van der Waals surface area (Å²) in [6.07, 6.45) is 7.14. The highest BCUT2D eigenvalue weighted by Crippen LogP contribution is 2.18. The second-order valence-corrected chi connectivity index (χ2v) is 7.98. The van der Waals surface area contributed by atoms with Gasteiger partial charge >= 0.3 is 0 Å². The Morgan fingerprint density at radius 2 is 2.15 bits per heavy atom. The number of guanidine groups is 1. The summed E-state index contributed by atoms with van der Waals surface area (Å²) in [7, 11) is 0. The topological polar surface area (TPSA) is 59.2 Å². The second kappa shape index (κ2) is 11.1. The van der Waals surface area contributed by atoms with Crippen LogP contribution in [0.4, 0.5) is 0 Å². The van der Waals surface area contributed by atoms with E-state index in [2.05, 4.69) is 33.1 Å². The molecule has 2 saturated heterocycles. The van der Waals surface area contributed by atoms with Crippen LogP contribution in [0.5, 0.6) is 0 Å². The van der Waals surface area contributed by atoms with Gasteiger partial charge in [-0.3, -0.25) is 4.99 Å². The van der Waals surface area contributed by atoms with Crippen LogP contribution in [0.2, 0.25) is 0 Å². The first-order valence-electron chi connectivity index (χ1n) is 10.2. The SMILES string of the molecule is CCNC(=NCCc1ccc(Br)o1)N1CCC(OCC2CCCCO2)CC1. The predicted molar refractivity (Wildman–Crippen MR) is 110 cm³/mol. The minimum absolute atomic E-state index is 0.303. The van der Waals surface area contributed by atoms with Crippen LogP contribution in [-0.4, -0.2) is 62.5 Å². The first-order chi connectivity index (χ1) is 13.2. The van der Waals surface area contributed by atoms with Crippen LogP contribution >= 0.6 is 15.9 Å². The van der Waals surface area contributed by atoms with E-state index in [1.54, 1.807) is 0 Å². The summed E-state index contributed by atoms with van der Waals surface area (Å²) in [6.45, 7) is 7.31. The standard InChI is InChI=1S/C20H32BrN3O3/c1-2-22-20(23-11-8-17-6-7-19(21)27-17)24-12-9-16(10-13-24)26-15-18-5-3-4-14-25-18/h6-7,16,18H,2-5,8-15H2,1H3,(H,22,23). The van der Waals surface area contributed by atoms with E-state index in [1.807, 2.05) is 12.1 Å². The van der Waals surface area contributed by atoms with E-state index in [1.165, 1.54) is 12.8 Å². The number of nitrogens with one attached hydrogen (secondary N) is 1. The minimum Gasteiger partial charge on any atom is -0.454 e. The summed E-state index contributed by atoms with van der Waals surface area (Å²) >= 11 is 3.34. The van der Waals surface area contributed by atoms with Crippen LogP contribution < -0.4 is 5.32 Å². The number of furan rings is 1. The maximum Gasteiger partial charge on any atom is 0.193 e. The fraction of sp³-hybridized carbons (Fsp3) is 0.750. The molecule has 152 valence electrons. The Morgan fingerprint density at radius 1 is 1.30 bits per heavy atom. The zero-order valence-corrected chi connectivity index (χ0v) is 17.9. The molecule has 3 heterocycles. The lowest BCUT2D eigenvalue weighted by Gasteiger charge is -2.35. The molecule has 1 aromatic rings. The highest BCUT2D eigenvalue weighted by molar-refractivity contribution is 9.10. The van der Waals surface area contributed by atoms with Gasteiger partial charge in [-0.1, -0.05) is 0 Å². The Labute approximate surface area is 170 Å². The molecule has 6 nitrogen and oxygen atoms in total. The van der Waals surface area contributed by atoms with Gasteiger partial charge in [0.1, 0.15) is 5.76 Å². The normalized spacial score (nSPS) is 22.2. The van der Waals surface area contributed by atoms with Gasteiger partial charge < -0.3 is 24.1 Å². The molecule has 0 bridgehead atoms. The van der Waals surface area contributed by atoms with Crippen molar-refractivity contribution in [3.05, 3.63) is 22.6 Å². The van der Waals surface area contributed by atoms with Crippen LogP contribution in [0.1, 0.15) is 44.8 Å². The molecular formula is C20H32BrN3O3. The zero-order valence-electron chi connectivity index (χ0n) is 16.3. The molecule has 0 aromatic carbocycles. The van der Waals surface area contributed by atoms with E-state index in [-0.39, 0.29) is 0 Å². The molecule has 7 heteroatoms. The smallest absolute Gasteiger partial charge is 0.193 e. The highest BCUT2D eigenvalue weighted by Gasteiger charge is 2.23. The number of nitrogens with zero attached hydrogens (tertiary/aromatic N) is 2. The molecular weight excluding hydrogens is 410 g/mol. The number of ether oxygens (including phenoxy) is 2. The first kappa shape index (κ1) is 20.7. The van der Waals surface area contributed by atoms with E-state index in [9.17, 15) is 0 Å². The lowest BCUT2D eigenvalue weighted by atomic mass is 10.1. The van der Waals surface area contributed by atoms with Crippen molar-refractivity contribution in [2.24, 2.45) is 4.99 Å². The van der Waals surface area contributed by atoms with E-state index in [0.717, 1.165) is 81.5 Å². The molecule has 0 spiro atoms. The maximum atomic E-state index is 6.12. The Balaban J connectivity index is 1.41. The third-order valence-electron chi connectivity index (χ3n) is 5.12. The molecule has 0 amide bonds. The van der Waals surface area contributed by atoms with Crippen molar-refractivity contribution >= 4 is 21.9 Å². The summed E-state index contributed by atoms with van der Waals surface area (Å²) in [4.78, 5) is 7.13. The Kier molecular flexibility index (Phi) is 8.48. The number of hydrogen-bond acceptors (Lipinski definition) is 4. The van der Waals surface area contributed by atoms with Gasteiger partial charge in [0.15, 0.2) is 10.6 Å². The molecule has 0 aliphatic carbocycles. The van der Waals surface area contributed by atoms with Gasteiger partial charge in [0.05, 0.1) is 18.8 Å². The number of halogens is 1. The average Bonchev–Trinajstić information content (AvgIpc) is 3.12. The quantitative estimate of drug-likeness (QED) is 0.517. The lowest BCUT2D eigenvalue weighted by molar-refractivity contribution is -0.0721. The lowest BCUT2D eigenvalue weighted by Crippen LogP contribution is -2.47. The molecule has 1 aromatic heterocycles. The predicted octanol–water partition coefficient (Wildman–Crippen LogP) is 3.60. The second-order valence-electron chi connectivity index (χ2n) is 7.20. The van der Waals surface area contributed by atoms with Gasteiger partial charge in [-0.05, 0) is 67.1 Å². The summed E-state index contributed by atoms with van der Waals surface area (Å²) in [6, 6.07) is 3.92. The molecule has 2 aliphatic rings. The fourth-order valence-electron chi connectivity index (χ4n) is 3.60. The molecule has 0 saturated carbocycles. The summed E-state index contributed by atoms with van der Waals surface area (Å²) in [5.74, 6) is 1.95. The highest BCUT2D eigenvalue weighted by atomic mass is 79.9. The van der Waals surface area contributed by atoms with Gasteiger partial charge in [-0.15, -0.1) is 0 Å². The Bertz CT molecular complexity index is 579. The molecule has 2 fully saturated rings. The Morgan fingerprint density at radius 3 is 2.81 bits per heavy atom. The largest absolute Gasteiger partial charge is 0.454 e. The van der Waals surface area contributed by atoms with Crippen molar-refractivity contribution in [1.82, 2.24) is 10.2 Å². The number of likely N-dealkylation sites (tertiary alicyclic amines) is 1. The summed E-state index contributed by atoms with van der Waals surface area (Å²) in [5.41, 5.74) is 0. The van der Waals surface area contributed by atoms with Gasteiger partial charge in [0.25, 0.3) is 0 Å². The molecule has 27 heavy (non-hydrogen) atoms. The van der Waals surface area contributed by atoms with Crippen molar-refractivity contribution in [3.63, 3.8) is 0 Å². The molecule has 1 N–H and O–H groups in total. The van der Waals surface area contributed by atoms with Gasteiger partial charge in [-0.25, -0.2) is 0 Å². The fourth-order valence-corrected chi connectivity index (χ4v) is 3.94. The molecule has 0 radical (unpaired) electrons. The van der Waals surface area contributed by atoms with Gasteiger partial charge in [-0.2, -0.15) is 0 Å².